The lowest BCUT2D eigenvalue weighted by atomic mass is 10.1. The van der Waals surface area contributed by atoms with Gasteiger partial charge < -0.3 is 15.7 Å². The van der Waals surface area contributed by atoms with Gasteiger partial charge in [-0.3, -0.25) is 9.59 Å². The first-order valence-corrected chi connectivity index (χ1v) is 5.93. The van der Waals surface area contributed by atoms with E-state index in [0.717, 1.165) is 0 Å². The highest BCUT2D eigenvalue weighted by atomic mass is 35.5. The molecule has 0 spiro atoms. The number of amides is 1. The van der Waals surface area contributed by atoms with Crippen LogP contribution in [0.1, 0.15) is 6.42 Å². The molecule has 1 aromatic rings. The fourth-order valence-electron chi connectivity index (χ4n) is 1.93. The molecule has 0 bridgehead atoms. The number of benzene rings is 1. The maximum atomic E-state index is 11.8. The molecule has 1 fully saturated rings. The fourth-order valence-corrected chi connectivity index (χ4v) is 2.64. The number of rotatable bonds is 2. The van der Waals surface area contributed by atoms with Gasteiger partial charge in [0.15, 0.2) is 0 Å². The Morgan fingerprint density at radius 3 is 2.39 bits per heavy atom. The van der Waals surface area contributed by atoms with Gasteiger partial charge in [-0.1, -0.05) is 23.2 Å². The first kappa shape index (κ1) is 13.0. The van der Waals surface area contributed by atoms with E-state index in [2.05, 4.69) is 0 Å². The number of carboxylic acids is 1. The lowest BCUT2D eigenvalue weighted by Crippen LogP contribution is -2.26. The number of carbonyl (C=O) groups excluding carboxylic acids is 1. The summed E-state index contributed by atoms with van der Waals surface area (Å²) >= 11 is 12.0. The van der Waals surface area contributed by atoms with E-state index in [0.29, 0.717) is 11.4 Å². The van der Waals surface area contributed by atoms with Gasteiger partial charge in [0, 0.05) is 18.7 Å². The van der Waals surface area contributed by atoms with Crippen LogP contribution in [0.25, 0.3) is 0 Å². The number of hydrogen-bond donors (Lipinski definition) is 2. The zero-order chi connectivity index (χ0) is 13.4. The number of nitrogens with two attached hydrogens (primary N) is 1. The summed E-state index contributed by atoms with van der Waals surface area (Å²) in [6.07, 6.45) is -0.0492. The van der Waals surface area contributed by atoms with Crippen molar-refractivity contribution in [3.63, 3.8) is 0 Å². The second-order valence-electron chi connectivity index (χ2n) is 4.08. The largest absolute Gasteiger partial charge is 0.481 e. The maximum absolute atomic E-state index is 11.8. The average molecular weight is 289 g/mol. The lowest BCUT2D eigenvalue weighted by molar-refractivity contribution is -0.141. The molecule has 96 valence electrons. The summed E-state index contributed by atoms with van der Waals surface area (Å²) in [5.74, 6) is -2.05. The van der Waals surface area contributed by atoms with Crippen LogP contribution < -0.4 is 10.6 Å². The molecule has 1 saturated heterocycles. The van der Waals surface area contributed by atoms with Crippen LogP contribution in [0.4, 0.5) is 11.4 Å². The maximum Gasteiger partial charge on any atom is 0.308 e. The predicted octanol–water partition coefficient (Wildman–Crippen LogP) is 2.01. The van der Waals surface area contributed by atoms with Crippen molar-refractivity contribution < 1.29 is 14.7 Å². The third kappa shape index (κ3) is 2.23. The number of nitrogen functional groups attached to an aromatic ring is 1. The van der Waals surface area contributed by atoms with Gasteiger partial charge in [-0.2, -0.15) is 0 Å². The highest BCUT2D eigenvalue weighted by Crippen LogP contribution is 2.38. The molecule has 1 atom stereocenters. The number of carboxylic acid groups (broad SMARTS) is 1. The quantitative estimate of drug-likeness (QED) is 0.816. The first-order chi connectivity index (χ1) is 8.40. The van der Waals surface area contributed by atoms with Crippen molar-refractivity contribution >= 4 is 46.5 Å². The topological polar surface area (TPSA) is 83.6 Å². The number of hydrogen-bond acceptors (Lipinski definition) is 3. The molecule has 0 aliphatic carbocycles. The van der Waals surface area contributed by atoms with E-state index < -0.39 is 11.9 Å². The molecule has 1 aromatic carbocycles. The molecule has 7 heteroatoms. The van der Waals surface area contributed by atoms with Gasteiger partial charge in [-0.25, -0.2) is 0 Å². The molecule has 1 aliphatic rings. The minimum Gasteiger partial charge on any atom is -0.481 e. The van der Waals surface area contributed by atoms with E-state index >= 15 is 0 Å². The average Bonchev–Trinajstić information content (AvgIpc) is 2.59. The van der Waals surface area contributed by atoms with Gasteiger partial charge >= 0.3 is 5.97 Å². The molecule has 1 aliphatic heterocycles. The number of aliphatic carboxylic acids is 1. The van der Waals surface area contributed by atoms with Gasteiger partial charge in [0.25, 0.3) is 0 Å². The van der Waals surface area contributed by atoms with Crippen LogP contribution in [0.2, 0.25) is 10.0 Å². The fraction of sp³-hybridized carbons (Fsp3) is 0.273. The lowest BCUT2D eigenvalue weighted by Gasteiger charge is -2.19. The van der Waals surface area contributed by atoms with E-state index in [-0.39, 0.29) is 28.9 Å². The summed E-state index contributed by atoms with van der Waals surface area (Å²) in [6.45, 7) is 0.0670. The monoisotopic (exact) mass is 288 g/mol. The molecule has 18 heavy (non-hydrogen) atoms. The summed E-state index contributed by atoms with van der Waals surface area (Å²) in [6, 6.07) is 2.95. The summed E-state index contributed by atoms with van der Waals surface area (Å²) in [5, 5.41) is 9.38. The molecular weight excluding hydrogens is 279 g/mol. The molecule has 0 radical (unpaired) electrons. The molecule has 0 saturated carbocycles. The summed E-state index contributed by atoms with van der Waals surface area (Å²) in [7, 11) is 0. The van der Waals surface area contributed by atoms with Gasteiger partial charge in [0.05, 0.1) is 21.7 Å². The van der Waals surface area contributed by atoms with Crippen LogP contribution >= 0.6 is 23.2 Å². The molecule has 5 nitrogen and oxygen atoms in total. The van der Waals surface area contributed by atoms with Gasteiger partial charge in [-0.05, 0) is 12.1 Å². The van der Waals surface area contributed by atoms with Crippen LogP contribution in [0, 0.1) is 5.92 Å². The number of carbonyl (C=O) groups is 2. The third-order valence-corrected chi connectivity index (χ3v) is 3.36. The molecule has 1 amide bonds. The molecule has 1 unspecified atom stereocenters. The molecular formula is C11H10Cl2N2O3. The zero-order valence-corrected chi connectivity index (χ0v) is 10.7. The number of anilines is 2. The normalized spacial score (nSPS) is 19.3. The summed E-state index contributed by atoms with van der Waals surface area (Å²) in [5.41, 5.74) is 6.28. The molecule has 0 aromatic heterocycles. The Morgan fingerprint density at radius 1 is 1.39 bits per heavy atom. The number of halogens is 2. The second-order valence-corrected chi connectivity index (χ2v) is 4.89. The molecule has 1 heterocycles. The van der Waals surface area contributed by atoms with Crippen molar-refractivity contribution in [1.82, 2.24) is 0 Å². The Labute approximate surface area is 113 Å². The van der Waals surface area contributed by atoms with Crippen LogP contribution in [0.5, 0.6) is 0 Å². The van der Waals surface area contributed by atoms with Crippen LogP contribution in [0.3, 0.4) is 0 Å². The zero-order valence-electron chi connectivity index (χ0n) is 9.19. The second kappa shape index (κ2) is 4.66. The SMILES string of the molecule is Nc1cc(Cl)c(N2CC(C(=O)O)CC2=O)c(Cl)c1. The Hall–Kier alpha value is -1.46. The Morgan fingerprint density at radius 2 is 1.94 bits per heavy atom. The Balaban J connectivity index is 2.39. The van der Waals surface area contributed by atoms with Crippen LogP contribution in [-0.2, 0) is 9.59 Å². The minimum atomic E-state index is -1.01. The molecule has 3 N–H and O–H groups in total. The predicted molar refractivity (Wildman–Crippen MR) is 69.0 cm³/mol. The number of nitrogens with zero attached hydrogens (tertiary/aromatic N) is 1. The van der Waals surface area contributed by atoms with Crippen molar-refractivity contribution in [3.8, 4) is 0 Å². The van der Waals surface area contributed by atoms with Crippen LogP contribution in [0.15, 0.2) is 12.1 Å². The standard InChI is InChI=1S/C11H10Cl2N2O3/c12-7-2-6(14)3-8(13)10(7)15-4-5(11(17)18)1-9(15)16/h2-3,5H,1,4,14H2,(H,17,18). The van der Waals surface area contributed by atoms with Gasteiger partial charge in [0.2, 0.25) is 5.91 Å². The highest BCUT2D eigenvalue weighted by molar-refractivity contribution is 6.40. The first-order valence-electron chi connectivity index (χ1n) is 5.18. The highest BCUT2D eigenvalue weighted by Gasteiger charge is 2.36. The summed E-state index contributed by atoms with van der Waals surface area (Å²) < 4.78 is 0. The van der Waals surface area contributed by atoms with E-state index in [4.69, 9.17) is 34.0 Å². The van der Waals surface area contributed by atoms with Gasteiger partial charge in [-0.15, -0.1) is 0 Å². The van der Waals surface area contributed by atoms with E-state index in [1.807, 2.05) is 0 Å². The van der Waals surface area contributed by atoms with Crippen molar-refractivity contribution in [2.45, 2.75) is 6.42 Å². The minimum absolute atomic E-state index is 0.0492. The van der Waals surface area contributed by atoms with E-state index in [9.17, 15) is 9.59 Å². The Kier molecular flexibility index (Phi) is 3.36. The third-order valence-electron chi connectivity index (χ3n) is 2.78. The molecule has 2 rings (SSSR count). The smallest absolute Gasteiger partial charge is 0.308 e. The van der Waals surface area contributed by atoms with E-state index in [1.54, 1.807) is 0 Å². The van der Waals surface area contributed by atoms with Crippen molar-refractivity contribution in [2.24, 2.45) is 5.92 Å². The van der Waals surface area contributed by atoms with Crippen LogP contribution in [-0.4, -0.2) is 23.5 Å². The Bertz CT molecular complexity index is 510. The summed E-state index contributed by atoms with van der Waals surface area (Å²) in [4.78, 5) is 24.0. The van der Waals surface area contributed by atoms with Crippen molar-refractivity contribution in [2.75, 3.05) is 17.2 Å². The van der Waals surface area contributed by atoms with Gasteiger partial charge in [0.1, 0.15) is 0 Å². The van der Waals surface area contributed by atoms with Crippen molar-refractivity contribution in [3.05, 3.63) is 22.2 Å². The van der Waals surface area contributed by atoms with E-state index in [1.165, 1.54) is 17.0 Å². The van der Waals surface area contributed by atoms with Crippen molar-refractivity contribution in [1.29, 1.82) is 0 Å².